The normalized spacial score (nSPS) is 11.2. The Labute approximate surface area is 268 Å². The molecule has 0 fully saturated rings. The lowest BCUT2D eigenvalue weighted by Gasteiger charge is -2.13. The van der Waals surface area contributed by atoms with Gasteiger partial charge >= 0.3 is 0 Å². The third kappa shape index (κ3) is 11.2. The molecule has 2 heteroatoms. The molecule has 0 aliphatic carbocycles. The van der Waals surface area contributed by atoms with Crippen LogP contribution >= 0.6 is 0 Å². The average molecular weight is 589 g/mol. The fourth-order valence-electron chi connectivity index (χ4n) is 6.33. The highest BCUT2D eigenvalue weighted by Crippen LogP contribution is 2.23. The number of rotatable bonds is 19. The smallest absolute Gasteiger partial charge is 0.0314 e. The number of nitrogens with two attached hydrogens (primary N) is 2. The fraction of sp³-hybridized carbons (Fsp3) is 0.429. The van der Waals surface area contributed by atoms with Crippen LogP contribution in [0, 0.1) is 0 Å². The Morgan fingerprint density at radius 2 is 0.727 bits per heavy atom. The van der Waals surface area contributed by atoms with Gasteiger partial charge in [-0.05, 0) is 133 Å². The van der Waals surface area contributed by atoms with Crippen LogP contribution in [0.2, 0.25) is 0 Å². The minimum absolute atomic E-state index is 0.836. The van der Waals surface area contributed by atoms with Crippen molar-refractivity contribution in [1.29, 1.82) is 0 Å². The second-order valence-electron chi connectivity index (χ2n) is 12.9. The Balaban J connectivity index is 1.27. The summed E-state index contributed by atoms with van der Waals surface area (Å²) in [6.07, 6.45) is 19.6. The SMILES string of the molecule is CCCCCc1cc(CCCCCCc2ccc(Cc3ccc(N)cc3)c(CCCCC)c2)ccc1Cc1ccc(N)cc1. The van der Waals surface area contributed by atoms with Crippen molar-refractivity contribution in [2.75, 3.05) is 11.5 Å². The van der Waals surface area contributed by atoms with E-state index in [1.807, 2.05) is 24.3 Å². The van der Waals surface area contributed by atoms with Crippen LogP contribution in [0.1, 0.15) is 123 Å². The maximum atomic E-state index is 5.91. The van der Waals surface area contributed by atoms with E-state index in [9.17, 15) is 0 Å². The fourth-order valence-corrected chi connectivity index (χ4v) is 6.33. The van der Waals surface area contributed by atoms with Gasteiger partial charge in [-0.1, -0.05) is 113 Å². The summed E-state index contributed by atoms with van der Waals surface area (Å²) in [6.45, 7) is 4.58. The minimum atomic E-state index is 0.836. The Bertz CT molecular complexity index is 1280. The molecule has 4 aromatic carbocycles. The molecule has 234 valence electrons. The van der Waals surface area contributed by atoms with Crippen LogP contribution in [0.4, 0.5) is 11.4 Å². The van der Waals surface area contributed by atoms with Gasteiger partial charge in [0.15, 0.2) is 0 Å². The first-order valence-corrected chi connectivity index (χ1v) is 17.4. The third-order valence-corrected chi connectivity index (χ3v) is 9.07. The zero-order valence-corrected chi connectivity index (χ0v) is 27.6. The highest BCUT2D eigenvalue weighted by molar-refractivity contribution is 5.43. The van der Waals surface area contributed by atoms with Gasteiger partial charge in [-0.25, -0.2) is 0 Å². The zero-order valence-electron chi connectivity index (χ0n) is 27.6. The molecule has 0 spiro atoms. The molecule has 0 saturated heterocycles. The van der Waals surface area contributed by atoms with Crippen LogP contribution in [0.5, 0.6) is 0 Å². The monoisotopic (exact) mass is 588 g/mol. The van der Waals surface area contributed by atoms with Crippen LogP contribution in [-0.4, -0.2) is 0 Å². The van der Waals surface area contributed by atoms with Gasteiger partial charge in [-0.15, -0.1) is 0 Å². The molecular formula is C42H56N2. The molecule has 2 nitrogen and oxygen atoms in total. The standard InChI is InChI=1S/C42H56N2/c1-3-5-9-15-37-29-33(17-23-39(37)31-35-19-25-41(43)26-20-35)13-11-7-8-12-14-34-18-24-40(38(30-34)16-10-6-4-2)32-36-21-27-42(44)28-22-36/h17-30H,3-16,31-32,43-44H2,1-2H3. The second kappa shape index (κ2) is 18.3. The number of hydrogen-bond acceptors (Lipinski definition) is 2. The van der Waals surface area contributed by atoms with Gasteiger partial charge in [-0.3, -0.25) is 0 Å². The lowest BCUT2D eigenvalue weighted by molar-refractivity contribution is 0.639. The average Bonchev–Trinajstić information content (AvgIpc) is 3.03. The summed E-state index contributed by atoms with van der Waals surface area (Å²) in [5.74, 6) is 0. The van der Waals surface area contributed by atoms with Crippen LogP contribution < -0.4 is 11.5 Å². The van der Waals surface area contributed by atoms with Crippen LogP contribution in [0.15, 0.2) is 84.9 Å². The number of aryl methyl sites for hydroxylation is 4. The molecule has 0 bridgehead atoms. The Kier molecular flexibility index (Phi) is 13.9. The van der Waals surface area contributed by atoms with Crippen LogP contribution in [-0.2, 0) is 38.5 Å². The number of hydrogen-bond donors (Lipinski definition) is 2. The number of unbranched alkanes of at least 4 members (excludes halogenated alkanes) is 7. The molecule has 0 amide bonds. The van der Waals surface area contributed by atoms with Gasteiger partial charge in [0, 0.05) is 11.4 Å². The zero-order chi connectivity index (χ0) is 31.0. The summed E-state index contributed by atoms with van der Waals surface area (Å²) in [4.78, 5) is 0. The molecule has 4 aromatic rings. The molecule has 0 aliphatic rings. The Morgan fingerprint density at radius 3 is 1.11 bits per heavy atom. The van der Waals surface area contributed by atoms with Crippen molar-refractivity contribution in [2.45, 2.75) is 117 Å². The summed E-state index contributed by atoms with van der Waals surface area (Å²) in [5.41, 5.74) is 25.2. The Hall–Kier alpha value is -3.52. The van der Waals surface area contributed by atoms with Gasteiger partial charge in [0.2, 0.25) is 0 Å². The first-order chi connectivity index (χ1) is 21.5. The van der Waals surface area contributed by atoms with Gasteiger partial charge in [-0.2, -0.15) is 0 Å². The molecule has 4 N–H and O–H groups in total. The van der Waals surface area contributed by atoms with Crippen molar-refractivity contribution in [1.82, 2.24) is 0 Å². The van der Waals surface area contributed by atoms with Crippen molar-refractivity contribution in [3.8, 4) is 0 Å². The van der Waals surface area contributed by atoms with Crippen LogP contribution in [0.25, 0.3) is 0 Å². The molecule has 0 aliphatic heterocycles. The van der Waals surface area contributed by atoms with E-state index >= 15 is 0 Å². The Morgan fingerprint density at radius 1 is 0.364 bits per heavy atom. The molecule has 4 rings (SSSR count). The van der Waals surface area contributed by atoms with Crippen molar-refractivity contribution in [3.63, 3.8) is 0 Å². The summed E-state index contributed by atoms with van der Waals surface area (Å²) in [7, 11) is 0. The van der Waals surface area contributed by atoms with E-state index in [0.717, 1.165) is 24.2 Å². The van der Waals surface area contributed by atoms with E-state index in [1.165, 1.54) is 123 Å². The van der Waals surface area contributed by atoms with E-state index in [2.05, 4.69) is 74.5 Å². The van der Waals surface area contributed by atoms with Gasteiger partial charge in [0.25, 0.3) is 0 Å². The van der Waals surface area contributed by atoms with Crippen molar-refractivity contribution in [3.05, 3.63) is 129 Å². The van der Waals surface area contributed by atoms with Crippen molar-refractivity contribution < 1.29 is 0 Å². The molecule has 0 aromatic heterocycles. The van der Waals surface area contributed by atoms with Crippen molar-refractivity contribution in [2.24, 2.45) is 0 Å². The predicted octanol–water partition coefficient (Wildman–Crippen LogP) is 10.8. The largest absolute Gasteiger partial charge is 0.399 e. The first-order valence-electron chi connectivity index (χ1n) is 17.4. The van der Waals surface area contributed by atoms with Crippen LogP contribution in [0.3, 0.4) is 0 Å². The summed E-state index contributed by atoms with van der Waals surface area (Å²) in [5, 5.41) is 0. The number of nitrogen functional groups attached to an aromatic ring is 2. The summed E-state index contributed by atoms with van der Waals surface area (Å²) in [6, 6.07) is 31.3. The maximum Gasteiger partial charge on any atom is 0.0314 e. The molecule has 0 atom stereocenters. The molecule has 0 radical (unpaired) electrons. The maximum absolute atomic E-state index is 5.91. The first kappa shape index (κ1) is 33.4. The van der Waals surface area contributed by atoms with Gasteiger partial charge in [0.05, 0.1) is 0 Å². The topological polar surface area (TPSA) is 52.0 Å². The van der Waals surface area contributed by atoms with E-state index in [0.29, 0.717) is 0 Å². The van der Waals surface area contributed by atoms with Gasteiger partial charge in [0.1, 0.15) is 0 Å². The van der Waals surface area contributed by atoms with E-state index in [4.69, 9.17) is 11.5 Å². The van der Waals surface area contributed by atoms with E-state index < -0.39 is 0 Å². The highest BCUT2D eigenvalue weighted by Gasteiger charge is 2.08. The lowest BCUT2D eigenvalue weighted by Crippen LogP contribution is -2.00. The summed E-state index contributed by atoms with van der Waals surface area (Å²) >= 11 is 0. The van der Waals surface area contributed by atoms with E-state index in [-0.39, 0.29) is 0 Å². The molecule has 0 unspecified atom stereocenters. The second-order valence-corrected chi connectivity index (χ2v) is 12.9. The quantitative estimate of drug-likeness (QED) is 0.0845. The highest BCUT2D eigenvalue weighted by atomic mass is 14.5. The van der Waals surface area contributed by atoms with E-state index in [1.54, 1.807) is 11.1 Å². The molecule has 44 heavy (non-hydrogen) atoms. The van der Waals surface area contributed by atoms with Gasteiger partial charge < -0.3 is 11.5 Å². The molecule has 0 saturated carbocycles. The third-order valence-electron chi connectivity index (χ3n) is 9.07. The number of anilines is 2. The minimum Gasteiger partial charge on any atom is -0.399 e. The number of benzene rings is 4. The lowest BCUT2D eigenvalue weighted by atomic mass is 9.92. The molecular weight excluding hydrogens is 532 g/mol. The predicted molar refractivity (Wildman–Crippen MR) is 193 cm³/mol. The van der Waals surface area contributed by atoms with Crippen molar-refractivity contribution >= 4 is 11.4 Å². The molecule has 0 heterocycles. The summed E-state index contributed by atoms with van der Waals surface area (Å²) < 4.78 is 0.